The molecule has 1 aromatic carbocycles. The van der Waals surface area contributed by atoms with Crippen molar-refractivity contribution >= 4 is 27.2 Å². The molecule has 2 aromatic rings. The molecule has 2 heterocycles. The van der Waals surface area contributed by atoms with Gasteiger partial charge in [-0.15, -0.1) is 11.3 Å². The first-order valence-corrected chi connectivity index (χ1v) is 8.95. The Hall–Kier alpha value is -1.19. The predicted octanol–water partition coefficient (Wildman–Crippen LogP) is 4.89. The molecule has 0 unspecified atom stereocenters. The summed E-state index contributed by atoms with van der Waals surface area (Å²) in [5.74, 6) is 0.350. The van der Waals surface area contributed by atoms with Gasteiger partial charge in [-0.3, -0.25) is 4.79 Å². The molecule has 1 aliphatic rings. The molecule has 0 amide bonds. The molecule has 1 saturated heterocycles. The molecule has 118 valence electrons. The first-order valence-electron chi connectivity index (χ1n) is 8.14. The Morgan fingerprint density at radius 1 is 1.32 bits per heavy atom. The molecule has 2 nitrogen and oxygen atoms in total. The minimum absolute atomic E-state index is 0.200. The zero-order valence-electron chi connectivity index (χ0n) is 13.7. The standard InChI is InChI=1S/C19H25NOS/c1-18(2,3)8-9-19(10-11-20-13-19)17(21)16-12-14-6-4-5-7-15(14)22-16/h4-7,12,20H,8-11,13H2,1-3H3/t19-/m0/s1. The molecule has 0 saturated carbocycles. The topological polar surface area (TPSA) is 29.1 Å². The third kappa shape index (κ3) is 3.11. The summed E-state index contributed by atoms with van der Waals surface area (Å²) in [4.78, 5) is 14.2. The number of hydrogen-bond acceptors (Lipinski definition) is 3. The van der Waals surface area contributed by atoms with Crippen LogP contribution >= 0.6 is 11.3 Å². The highest BCUT2D eigenvalue weighted by Gasteiger charge is 2.42. The maximum Gasteiger partial charge on any atom is 0.180 e. The number of rotatable bonds is 4. The Balaban J connectivity index is 1.89. The van der Waals surface area contributed by atoms with Gasteiger partial charge in [0, 0.05) is 16.7 Å². The van der Waals surface area contributed by atoms with Crippen molar-refractivity contribution in [1.29, 1.82) is 0 Å². The first kappa shape index (κ1) is 15.7. The number of ketones is 1. The van der Waals surface area contributed by atoms with Crippen LogP contribution in [0, 0.1) is 10.8 Å². The summed E-state index contributed by atoms with van der Waals surface area (Å²) in [5.41, 5.74) is 0.0736. The van der Waals surface area contributed by atoms with Crippen LogP contribution < -0.4 is 5.32 Å². The predicted molar refractivity (Wildman–Crippen MR) is 94.8 cm³/mol. The van der Waals surface area contributed by atoms with E-state index in [9.17, 15) is 4.79 Å². The summed E-state index contributed by atoms with van der Waals surface area (Å²) in [6.07, 6.45) is 3.04. The summed E-state index contributed by atoms with van der Waals surface area (Å²) in [5, 5.41) is 4.61. The summed E-state index contributed by atoms with van der Waals surface area (Å²) in [7, 11) is 0. The van der Waals surface area contributed by atoms with Gasteiger partial charge in [-0.05, 0) is 48.7 Å². The lowest BCUT2D eigenvalue weighted by Crippen LogP contribution is -2.34. The fourth-order valence-electron chi connectivity index (χ4n) is 3.23. The van der Waals surface area contributed by atoms with Gasteiger partial charge < -0.3 is 5.32 Å². The number of fused-ring (bicyclic) bond motifs is 1. The summed E-state index contributed by atoms with van der Waals surface area (Å²) in [6, 6.07) is 10.4. The molecule has 1 N–H and O–H groups in total. The summed E-state index contributed by atoms with van der Waals surface area (Å²) >= 11 is 1.65. The number of thiophene rings is 1. The van der Waals surface area contributed by atoms with Gasteiger partial charge in [-0.2, -0.15) is 0 Å². The SMILES string of the molecule is CC(C)(C)CC[C@]1(C(=O)c2cc3ccccc3s2)CCNC1. The first-order chi connectivity index (χ1) is 10.4. The minimum atomic E-state index is -0.200. The molecule has 22 heavy (non-hydrogen) atoms. The Kier molecular flexibility index (Phi) is 4.13. The fourth-order valence-corrected chi connectivity index (χ4v) is 4.36. The molecule has 1 atom stereocenters. The third-order valence-electron chi connectivity index (χ3n) is 4.73. The van der Waals surface area contributed by atoms with Crippen molar-refractivity contribution in [2.75, 3.05) is 13.1 Å². The van der Waals surface area contributed by atoms with E-state index in [4.69, 9.17) is 0 Å². The van der Waals surface area contributed by atoms with Crippen LogP contribution in [0.25, 0.3) is 10.1 Å². The fraction of sp³-hybridized carbons (Fsp3) is 0.526. The monoisotopic (exact) mass is 315 g/mol. The highest BCUT2D eigenvalue weighted by atomic mass is 32.1. The Morgan fingerprint density at radius 2 is 2.09 bits per heavy atom. The van der Waals surface area contributed by atoms with Gasteiger partial charge in [-0.25, -0.2) is 0 Å². The van der Waals surface area contributed by atoms with Crippen molar-refractivity contribution in [2.45, 2.75) is 40.0 Å². The molecule has 1 aromatic heterocycles. The summed E-state index contributed by atoms with van der Waals surface area (Å²) in [6.45, 7) is 8.56. The van der Waals surface area contributed by atoms with E-state index in [1.165, 1.54) is 10.1 Å². The summed E-state index contributed by atoms with van der Waals surface area (Å²) < 4.78 is 1.21. The second-order valence-electron chi connectivity index (χ2n) is 7.75. The number of Topliss-reactive ketones (excluding diaryl/α,β-unsaturated/α-hetero) is 1. The lowest BCUT2D eigenvalue weighted by molar-refractivity contribution is 0.0788. The van der Waals surface area contributed by atoms with Crippen molar-refractivity contribution in [1.82, 2.24) is 5.32 Å². The van der Waals surface area contributed by atoms with E-state index in [1.807, 2.05) is 12.1 Å². The highest BCUT2D eigenvalue weighted by Crippen LogP contribution is 2.40. The van der Waals surface area contributed by atoms with Crippen LogP contribution in [0.2, 0.25) is 0 Å². The molecule has 0 aliphatic carbocycles. The van der Waals surface area contributed by atoms with Crippen molar-refractivity contribution < 1.29 is 4.79 Å². The molecule has 3 rings (SSSR count). The van der Waals surface area contributed by atoms with Crippen LogP contribution in [0.15, 0.2) is 30.3 Å². The smallest absolute Gasteiger partial charge is 0.180 e. The van der Waals surface area contributed by atoms with E-state index >= 15 is 0 Å². The van der Waals surface area contributed by atoms with Crippen LogP contribution in [0.1, 0.15) is 49.7 Å². The van der Waals surface area contributed by atoms with Crippen molar-refractivity contribution in [3.63, 3.8) is 0 Å². The number of benzene rings is 1. The van der Waals surface area contributed by atoms with E-state index in [2.05, 4.69) is 44.3 Å². The molecule has 1 aliphatic heterocycles. The largest absolute Gasteiger partial charge is 0.316 e. The van der Waals surface area contributed by atoms with E-state index in [0.717, 1.165) is 37.2 Å². The normalized spacial score (nSPS) is 22.3. The van der Waals surface area contributed by atoms with Gasteiger partial charge in [0.05, 0.1) is 4.88 Å². The number of carbonyl (C=O) groups excluding carboxylic acids is 1. The molecule has 0 radical (unpaired) electrons. The van der Waals surface area contributed by atoms with Crippen LogP contribution in [-0.4, -0.2) is 18.9 Å². The van der Waals surface area contributed by atoms with Gasteiger partial charge in [-0.1, -0.05) is 39.0 Å². The lowest BCUT2D eigenvalue weighted by atomic mass is 9.74. The Labute approximate surface area is 136 Å². The molecule has 0 spiro atoms. The van der Waals surface area contributed by atoms with Crippen LogP contribution in [0.4, 0.5) is 0 Å². The second kappa shape index (κ2) is 5.78. The van der Waals surface area contributed by atoms with Gasteiger partial charge in [0.2, 0.25) is 0 Å². The Morgan fingerprint density at radius 3 is 2.73 bits per heavy atom. The van der Waals surface area contributed by atoms with Crippen molar-refractivity contribution in [2.24, 2.45) is 10.8 Å². The van der Waals surface area contributed by atoms with Crippen LogP contribution in [-0.2, 0) is 0 Å². The molecule has 0 bridgehead atoms. The molecular formula is C19H25NOS. The number of carbonyl (C=O) groups is 1. The average molecular weight is 315 g/mol. The van der Waals surface area contributed by atoms with Crippen LogP contribution in [0.5, 0.6) is 0 Å². The average Bonchev–Trinajstić information content (AvgIpc) is 3.11. The van der Waals surface area contributed by atoms with Crippen LogP contribution in [0.3, 0.4) is 0 Å². The molecular weight excluding hydrogens is 290 g/mol. The maximum atomic E-state index is 13.2. The Bertz CT molecular complexity index is 641. The lowest BCUT2D eigenvalue weighted by Gasteiger charge is -2.30. The second-order valence-corrected chi connectivity index (χ2v) is 8.83. The van der Waals surface area contributed by atoms with Gasteiger partial charge >= 0.3 is 0 Å². The number of hydrogen-bond donors (Lipinski definition) is 1. The zero-order chi connectivity index (χ0) is 15.8. The maximum absolute atomic E-state index is 13.2. The van der Waals surface area contributed by atoms with Gasteiger partial charge in [0.1, 0.15) is 0 Å². The van der Waals surface area contributed by atoms with E-state index in [1.54, 1.807) is 11.3 Å². The molecule has 1 fully saturated rings. The highest BCUT2D eigenvalue weighted by molar-refractivity contribution is 7.20. The quantitative estimate of drug-likeness (QED) is 0.814. The minimum Gasteiger partial charge on any atom is -0.316 e. The van der Waals surface area contributed by atoms with Gasteiger partial charge in [0.15, 0.2) is 5.78 Å². The molecule has 3 heteroatoms. The third-order valence-corrected chi connectivity index (χ3v) is 5.84. The zero-order valence-corrected chi connectivity index (χ0v) is 14.6. The van der Waals surface area contributed by atoms with Gasteiger partial charge in [0.25, 0.3) is 0 Å². The van der Waals surface area contributed by atoms with E-state index in [0.29, 0.717) is 5.78 Å². The van der Waals surface area contributed by atoms with Crippen molar-refractivity contribution in [3.8, 4) is 0 Å². The van der Waals surface area contributed by atoms with E-state index in [-0.39, 0.29) is 10.8 Å². The number of nitrogens with one attached hydrogen (secondary N) is 1. The van der Waals surface area contributed by atoms with Crippen molar-refractivity contribution in [3.05, 3.63) is 35.2 Å². The van der Waals surface area contributed by atoms with E-state index < -0.39 is 0 Å².